The molecule has 0 radical (unpaired) electrons. The van der Waals surface area contributed by atoms with Crippen LogP contribution in [0.2, 0.25) is 0 Å². The molecule has 1 heterocycles. The number of hydrogen-bond donors (Lipinski definition) is 1. The average Bonchev–Trinajstić information content (AvgIpc) is 3.29. The fourth-order valence-corrected chi connectivity index (χ4v) is 4.36. The molecular formula is C32H47MgN5+2. The molecule has 0 saturated carbocycles. The summed E-state index contributed by atoms with van der Waals surface area (Å²) in [6.45, 7) is 22.2. The standard InChI is InChI=1S/C29H41N2.C3H5N3.Mg/c1-18(2)24-13-11-14-25(19(3)4)28(24)30-22(9)17-23(10)31-29-26(20(5)6)15-12-16-27(29)21(7)8;1-6-3-4-2-5-6;/h11-21H,1-10H3;2,4H,1H3;/q-1;;+2/p+1/b22-17-,31-23?;;. The topological polar surface area (TPSA) is 60.0 Å². The van der Waals surface area contributed by atoms with Gasteiger partial charge >= 0.3 is 23.1 Å². The summed E-state index contributed by atoms with van der Waals surface area (Å²) in [7, 11) is 1.80. The third kappa shape index (κ3) is 9.70. The van der Waals surface area contributed by atoms with Crippen LogP contribution in [-0.2, 0) is 7.05 Å². The number of nitrogens with one attached hydrogen (secondary N) is 2. The van der Waals surface area contributed by atoms with Crippen LogP contribution in [0.15, 0.2) is 54.5 Å². The van der Waals surface area contributed by atoms with Crippen molar-refractivity contribution in [1.29, 1.82) is 0 Å². The summed E-state index contributed by atoms with van der Waals surface area (Å²) in [6, 6.07) is 13.2. The first-order valence-electron chi connectivity index (χ1n) is 13.5. The first-order chi connectivity index (χ1) is 17.4. The van der Waals surface area contributed by atoms with E-state index in [0.29, 0.717) is 23.7 Å². The van der Waals surface area contributed by atoms with Gasteiger partial charge in [-0.25, -0.2) is 9.67 Å². The van der Waals surface area contributed by atoms with Gasteiger partial charge in [-0.05, 0) is 29.7 Å². The molecule has 0 atom stereocenters. The van der Waals surface area contributed by atoms with Crippen molar-refractivity contribution in [3.63, 3.8) is 0 Å². The van der Waals surface area contributed by atoms with Crippen molar-refractivity contribution < 1.29 is 9.98 Å². The predicted molar refractivity (Wildman–Crippen MR) is 162 cm³/mol. The molecule has 0 aliphatic carbocycles. The van der Waals surface area contributed by atoms with Crippen molar-refractivity contribution in [1.82, 2.24) is 9.78 Å². The molecule has 3 rings (SSSR count). The van der Waals surface area contributed by atoms with Crippen LogP contribution < -0.4 is 9.98 Å². The second kappa shape index (κ2) is 15.8. The van der Waals surface area contributed by atoms with Gasteiger partial charge < -0.3 is 10.3 Å². The van der Waals surface area contributed by atoms with E-state index in [-0.39, 0.29) is 23.1 Å². The van der Waals surface area contributed by atoms with Gasteiger partial charge in [-0.15, -0.1) is 5.69 Å². The Morgan fingerprint density at radius 2 is 1.29 bits per heavy atom. The van der Waals surface area contributed by atoms with Crippen LogP contribution in [0.3, 0.4) is 0 Å². The van der Waals surface area contributed by atoms with E-state index >= 15 is 0 Å². The van der Waals surface area contributed by atoms with Crippen LogP contribution in [-0.4, -0.2) is 38.5 Å². The van der Waals surface area contributed by atoms with Gasteiger partial charge in [-0.1, -0.05) is 115 Å². The fourth-order valence-electron chi connectivity index (χ4n) is 4.36. The summed E-state index contributed by atoms with van der Waals surface area (Å²) in [4.78, 5) is 6.37. The Morgan fingerprint density at radius 1 is 0.842 bits per heavy atom. The van der Waals surface area contributed by atoms with E-state index in [9.17, 15) is 0 Å². The van der Waals surface area contributed by atoms with Crippen LogP contribution in [0.4, 0.5) is 11.4 Å². The number of nitrogens with zero attached hydrogens (tertiary/aromatic N) is 3. The molecule has 3 aromatic rings. The van der Waals surface area contributed by atoms with Crippen molar-refractivity contribution in [3.8, 4) is 0 Å². The molecule has 1 aromatic heterocycles. The Hall–Kier alpha value is -2.44. The third-order valence-electron chi connectivity index (χ3n) is 6.27. The van der Waals surface area contributed by atoms with E-state index < -0.39 is 0 Å². The summed E-state index contributed by atoms with van der Waals surface area (Å²) in [5.74, 6) is 1.82. The number of benzene rings is 2. The largest absolute Gasteiger partial charge is 2.00 e. The second-order valence-corrected chi connectivity index (χ2v) is 10.9. The number of rotatable bonds is 8. The van der Waals surface area contributed by atoms with Crippen molar-refractivity contribution in [2.75, 3.05) is 0 Å². The maximum atomic E-state index is 5.10. The maximum absolute atomic E-state index is 5.10. The molecule has 200 valence electrons. The third-order valence-corrected chi connectivity index (χ3v) is 6.27. The molecule has 0 amide bonds. The van der Waals surface area contributed by atoms with Gasteiger partial charge in [0.2, 0.25) is 5.69 Å². The zero-order valence-corrected chi connectivity index (χ0v) is 26.9. The van der Waals surface area contributed by atoms with E-state index in [1.165, 1.54) is 27.9 Å². The molecule has 2 aromatic carbocycles. The second-order valence-electron chi connectivity index (χ2n) is 10.9. The molecule has 0 unspecified atom stereocenters. The Kier molecular flexibility index (Phi) is 14.0. The van der Waals surface area contributed by atoms with Crippen molar-refractivity contribution in [2.24, 2.45) is 7.05 Å². The summed E-state index contributed by atoms with van der Waals surface area (Å²) in [5, 5.41) is 8.82. The van der Waals surface area contributed by atoms with Gasteiger partial charge in [0.05, 0.1) is 13.4 Å². The summed E-state index contributed by atoms with van der Waals surface area (Å²) < 4.78 is 1.57. The molecule has 2 N–H and O–H groups in total. The molecule has 6 heteroatoms. The normalized spacial score (nSPS) is 12.1. The molecule has 0 saturated heterocycles. The number of para-hydroxylation sites is 2. The first kappa shape index (κ1) is 33.6. The van der Waals surface area contributed by atoms with Crippen LogP contribution >= 0.6 is 0 Å². The van der Waals surface area contributed by atoms with E-state index in [4.69, 9.17) is 5.32 Å². The average molecular weight is 526 g/mol. The van der Waals surface area contributed by atoms with Crippen molar-refractivity contribution in [2.45, 2.75) is 92.9 Å². The number of aryl methyl sites for hydroxylation is 1. The Morgan fingerprint density at radius 3 is 1.63 bits per heavy atom. The van der Waals surface area contributed by atoms with Crippen molar-refractivity contribution in [3.05, 3.63) is 88.4 Å². The Bertz CT molecular complexity index is 1140. The van der Waals surface area contributed by atoms with Crippen LogP contribution in [0.5, 0.6) is 0 Å². The molecule has 5 nitrogen and oxygen atoms in total. The number of hydrogen-bond acceptors (Lipinski definition) is 1. The molecule has 0 spiro atoms. The van der Waals surface area contributed by atoms with Gasteiger partial charge in [0.25, 0.3) is 0 Å². The fraction of sp³-hybridized carbons (Fsp3) is 0.469. The maximum Gasteiger partial charge on any atom is 2.00 e. The Balaban J connectivity index is 0.000000904. The summed E-state index contributed by atoms with van der Waals surface area (Å²) in [6.07, 6.45) is 6.42. The van der Waals surface area contributed by atoms with Gasteiger partial charge in [0, 0.05) is 18.1 Å². The minimum atomic E-state index is 0. The number of aromatic nitrogens is 3. The molecule has 0 aliphatic rings. The molecule has 0 bridgehead atoms. The van der Waals surface area contributed by atoms with Crippen LogP contribution in [0.25, 0.3) is 5.32 Å². The van der Waals surface area contributed by atoms with E-state index in [1.54, 1.807) is 18.1 Å². The van der Waals surface area contributed by atoms with Crippen LogP contribution in [0.1, 0.15) is 115 Å². The van der Waals surface area contributed by atoms with Gasteiger partial charge in [-0.3, -0.25) is 0 Å². The minimum absolute atomic E-state index is 0. The summed E-state index contributed by atoms with van der Waals surface area (Å²) in [5.41, 5.74) is 9.88. The SMILES string of the molecule is CC(/C=C(/C)[N-]c1c(C(C)C)cccc1C(C)C)=[NH+]c1c(C(C)C)cccc1C(C)C.Cn1[c-][nH+]cn1.[Mg+2]. The summed E-state index contributed by atoms with van der Waals surface area (Å²) >= 11 is 0. The molecule has 0 fully saturated rings. The number of aromatic amines is 1. The number of H-pyrrole nitrogens is 1. The molecule has 38 heavy (non-hydrogen) atoms. The van der Waals surface area contributed by atoms with Crippen molar-refractivity contribution >= 4 is 40.1 Å². The van der Waals surface area contributed by atoms with E-state index in [1.807, 2.05) is 0 Å². The monoisotopic (exact) mass is 525 g/mol. The van der Waals surface area contributed by atoms with E-state index in [0.717, 1.165) is 17.1 Å². The van der Waals surface area contributed by atoms with Gasteiger partial charge in [0.15, 0.2) is 5.71 Å². The molecule has 0 aliphatic heterocycles. The zero-order chi connectivity index (χ0) is 27.7. The predicted octanol–water partition coefficient (Wildman–Crippen LogP) is 6.62. The smallest absolute Gasteiger partial charge is 0.661 e. The molecular weight excluding hydrogens is 479 g/mol. The van der Waals surface area contributed by atoms with Gasteiger partial charge in [-0.2, -0.15) is 5.70 Å². The first-order valence-corrected chi connectivity index (χ1v) is 13.5. The quantitative estimate of drug-likeness (QED) is 0.200. The zero-order valence-electron chi connectivity index (χ0n) is 25.5. The number of allylic oxidation sites excluding steroid dienone is 2. The minimum Gasteiger partial charge on any atom is -0.661 e. The van der Waals surface area contributed by atoms with E-state index in [2.05, 4.69) is 133 Å². The van der Waals surface area contributed by atoms with Crippen LogP contribution in [0, 0.1) is 6.33 Å². The van der Waals surface area contributed by atoms with Gasteiger partial charge in [0.1, 0.15) is 6.33 Å². The Labute approximate surface area is 247 Å².